The highest BCUT2D eigenvalue weighted by Gasteiger charge is 2.16. The molecule has 3 rings (SSSR count). The fourth-order valence-electron chi connectivity index (χ4n) is 1.75. The molecule has 2 heterocycles. The monoisotopic (exact) mass is 336 g/mol. The number of sulfonamides is 1. The fraction of sp³-hybridized carbons (Fsp3) is 0.0714. The predicted molar refractivity (Wildman–Crippen MR) is 87.4 cm³/mol. The molecule has 0 saturated carbocycles. The molecule has 0 saturated heterocycles. The van der Waals surface area contributed by atoms with E-state index in [2.05, 4.69) is 9.71 Å². The molecule has 0 amide bonds. The molecule has 0 aliphatic carbocycles. The van der Waals surface area contributed by atoms with Crippen LogP contribution in [-0.2, 0) is 10.0 Å². The minimum Gasteiger partial charge on any atom is -0.255 e. The molecule has 0 atom stereocenters. The smallest absolute Gasteiger partial charge is 0.255 e. The Balaban J connectivity index is 1.84. The van der Waals surface area contributed by atoms with Crippen LogP contribution >= 0.6 is 22.7 Å². The van der Waals surface area contributed by atoms with Gasteiger partial charge in [-0.25, -0.2) is 13.4 Å². The minimum atomic E-state index is -3.58. The van der Waals surface area contributed by atoms with Crippen molar-refractivity contribution in [2.75, 3.05) is 4.72 Å². The Morgan fingerprint density at radius 2 is 1.86 bits per heavy atom. The quantitative estimate of drug-likeness (QED) is 0.784. The van der Waals surface area contributed by atoms with Gasteiger partial charge in [0.2, 0.25) is 0 Å². The molecule has 0 aliphatic heterocycles. The second-order valence-electron chi connectivity index (χ2n) is 4.43. The maximum Gasteiger partial charge on any atom is 0.263 e. The molecule has 2 aromatic heterocycles. The number of hydrogen-bond acceptors (Lipinski definition) is 5. The number of anilines is 1. The van der Waals surface area contributed by atoms with Crippen LogP contribution in [0.3, 0.4) is 0 Å². The molecule has 21 heavy (non-hydrogen) atoms. The topological polar surface area (TPSA) is 59.1 Å². The van der Waals surface area contributed by atoms with E-state index in [1.807, 2.05) is 29.8 Å². The van der Waals surface area contributed by atoms with Crippen LogP contribution in [0.4, 0.5) is 5.13 Å². The lowest BCUT2D eigenvalue weighted by Gasteiger charge is -2.05. The summed E-state index contributed by atoms with van der Waals surface area (Å²) in [7, 11) is -3.58. The summed E-state index contributed by atoms with van der Waals surface area (Å²) in [6.45, 7) is 1.91. The molecule has 1 N–H and O–H groups in total. The Morgan fingerprint density at radius 1 is 1.10 bits per heavy atom. The van der Waals surface area contributed by atoms with Gasteiger partial charge in [-0.3, -0.25) is 4.72 Å². The molecular formula is C14H12N2O2S3. The maximum absolute atomic E-state index is 12.3. The molecule has 108 valence electrons. The number of rotatable bonds is 4. The largest absolute Gasteiger partial charge is 0.263 e. The Morgan fingerprint density at radius 3 is 2.52 bits per heavy atom. The van der Waals surface area contributed by atoms with Crippen molar-refractivity contribution in [3.8, 4) is 10.6 Å². The summed E-state index contributed by atoms with van der Waals surface area (Å²) < 4.78 is 27.1. The number of aryl methyl sites for hydroxylation is 1. The molecule has 7 heteroatoms. The minimum absolute atomic E-state index is 0.237. The average Bonchev–Trinajstić information content (AvgIpc) is 3.09. The third-order valence-corrected chi connectivity index (χ3v) is 5.96. The normalized spacial score (nSPS) is 11.5. The van der Waals surface area contributed by atoms with E-state index in [-0.39, 0.29) is 4.90 Å². The van der Waals surface area contributed by atoms with Gasteiger partial charge in [0, 0.05) is 5.38 Å². The predicted octanol–water partition coefficient (Wildman–Crippen LogP) is 3.98. The molecule has 3 aromatic rings. The molecule has 1 aromatic carbocycles. The summed E-state index contributed by atoms with van der Waals surface area (Å²) in [5.41, 5.74) is 1.81. The van der Waals surface area contributed by atoms with Gasteiger partial charge in [0.1, 0.15) is 0 Å². The van der Waals surface area contributed by atoms with Crippen molar-refractivity contribution in [2.24, 2.45) is 0 Å². The van der Waals surface area contributed by atoms with Crippen LogP contribution in [-0.4, -0.2) is 13.4 Å². The van der Waals surface area contributed by atoms with E-state index < -0.39 is 10.0 Å². The lowest BCUT2D eigenvalue weighted by molar-refractivity contribution is 0.601. The summed E-state index contributed by atoms with van der Waals surface area (Å²) in [4.78, 5) is 5.58. The van der Waals surface area contributed by atoms with E-state index >= 15 is 0 Å². The standard InChI is InChI=1S/C14H12N2O2S3/c1-10-4-6-11(7-5-10)21(17,18)16-14-15-12(9-20-14)13-3-2-8-19-13/h2-9H,1H3,(H,15,16). The van der Waals surface area contributed by atoms with E-state index in [4.69, 9.17) is 0 Å². The van der Waals surface area contributed by atoms with Crippen molar-refractivity contribution in [3.63, 3.8) is 0 Å². The van der Waals surface area contributed by atoms with Crippen LogP contribution < -0.4 is 4.72 Å². The molecule has 0 aliphatic rings. The second-order valence-corrected chi connectivity index (χ2v) is 7.92. The van der Waals surface area contributed by atoms with E-state index in [1.165, 1.54) is 11.3 Å². The molecule has 0 bridgehead atoms. The first-order chi connectivity index (χ1) is 10.0. The third-order valence-electron chi connectivity index (χ3n) is 2.83. The average molecular weight is 336 g/mol. The van der Waals surface area contributed by atoms with Gasteiger partial charge in [-0.2, -0.15) is 0 Å². The first-order valence-corrected chi connectivity index (χ1v) is 9.38. The van der Waals surface area contributed by atoms with Crippen molar-refractivity contribution in [1.29, 1.82) is 0 Å². The zero-order valence-electron chi connectivity index (χ0n) is 11.1. The van der Waals surface area contributed by atoms with Crippen molar-refractivity contribution in [3.05, 3.63) is 52.7 Å². The van der Waals surface area contributed by atoms with E-state index in [9.17, 15) is 8.42 Å². The summed E-state index contributed by atoms with van der Waals surface area (Å²) in [5.74, 6) is 0. The SMILES string of the molecule is Cc1ccc(S(=O)(=O)Nc2nc(-c3cccs3)cs2)cc1. The lowest BCUT2D eigenvalue weighted by atomic mass is 10.2. The van der Waals surface area contributed by atoms with Crippen LogP contribution in [0.25, 0.3) is 10.6 Å². The first kappa shape index (κ1) is 14.2. The van der Waals surface area contributed by atoms with Crippen LogP contribution in [0, 0.1) is 6.92 Å². The van der Waals surface area contributed by atoms with Crippen molar-refractivity contribution < 1.29 is 8.42 Å². The number of thiophene rings is 1. The molecule has 0 spiro atoms. The third kappa shape index (κ3) is 3.15. The van der Waals surface area contributed by atoms with Gasteiger partial charge < -0.3 is 0 Å². The Bertz CT molecular complexity index is 835. The number of benzene rings is 1. The summed E-state index contributed by atoms with van der Waals surface area (Å²) in [6.07, 6.45) is 0. The van der Waals surface area contributed by atoms with Gasteiger partial charge in [0.25, 0.3) is 10.0 Å². The van der Waals surface area contributed by atoms with E-state index in [0.29, 0.717) is 5.13 Å². The number of aromatic nitrogens is 1. The van der Waals surface area contributed by atoms with Crippen molar-refractivity contribution >= 4 is 37.8 Å². The number of nitrogens with zero attached hydrogens (tertiary/aromatic N) is 1. The van der Waals surface area contributed by atoms with Crippen LogP contribution in [0.2, 0.25) is 0 Å². The Hall–Kier alpha value is -1.70. The molecule has 4 nitrogen and oxygen atoms in total. The summed E-state index contributed by atoms with van der Waals surface area (Å²) in [5, 5.41) is 4.18. The van der Waals surface area contributed by atoms with Crippen molar-refractivity contribution in [2.45, 2.75) is 11.8 Å². The molecular weight excluding hydrogens is 324 g/mol. The zero-order valence-corrected chi connectivity index (χ0v) is 13.6. The number of thiazole rings is 1. The van der Waals surface area contributed by atoms with Crippen molar-refractivity contribution in [1.82, 2.24) is 4.98 Å². The highest BCUT2D eigenvalue weighted by atomic mass is 32.2. The van der Waals surface area contributed by atoms with Gasteiger partial charge in [-0.15, -0.1) is 22.7 Å². The van der Waals surface area contributed by atoms with Gasteiger partial charge in [0.05, 0.1) is 15.5 Å². The Labute approximate surface area is 131 Å². The van der Waals surface area contributed by atoms with E-state index in [0.717, 1.165) is 16.1 Å². The van der Waals surface area contributed by atoms with Crippen LogP contribution in [0.15, 0.2) is 52.1 Å². The summed E-state index contributed by atoms with van der Waals surface area (Å²) in [6, 6.07) is 10.6. The van der Waals surface area contributed by atoms with E-state index in [1.54, 1.807) is 35.6 Å². The van der Waals surface area contributed by atoms with Gasteiger partial charge >= 0.3 is 0 Å². The zero-order chi connectivity index (χ0) is 14.9. The number of hydrogen-bond donors (Lipinski definition) is 1. The molecule has 0 fully saturated rings. The van der Waals surface area contributed by atoms with Crippen LogP contribution in [0.1, 0.15) is 5.56 Å². The first-order valence-electron chi connectivity index (χ1n) is 6.13. The molecule has 0 unspecified atom stereocenters. The van der Waals surface area contributed by atoms with Gasteiger partial charge in [-0.05, 0) is 30.5 Å². The van der Waals surface area contributed by atoms with Gasteiger partial charge in [0.15, 0.2) is 5.13 Å². The Kier molecular flexibility index (Phi) is 3.79. The highest BCUT2D eigenvalue weighted by Crippen LogP contribution is 2.29. The lowest BCUT2D eigenvalue weighted by Crippen LogP contribution is -2.12. The van der Waals surface area contributed by atoms with Crippen LogP contribution in [0.5, 0.6) is 0 Å². The maximum atomic E-state index is 12.3. The van der Waals surface area contributed by atoms with Gasteiger partial charge in [-0.1, -0.05) is 23.8 Å². The highest BCUT2D eigenvalue weighted by molar-refractivity contribution is 7.93. The molecule has 0 radical (unpaired) electrons. The second kappa shape index (κ2) is 5.59. The number of nitrogens with one attached hydrogen (secondary N) is 1. The summed E-state index contributed by atoms with van der Waals surface area (Å²) >= 11 is 2.85. The fourth-order valence-corrected chi connectivity index (χ4v) is 4.47.